The largest absolute Gasteiger partial charge is 0.463 e. The summed E-state index contributed by atoms with van der Waals surface area (Å²) in [5.41, 5.74) is 3.00. The van der Waals surface area contributed by atoms with Crippen LogP contribution in [-0.4, -0.2) is 18.5 Å². The van der Waals surface area contributed by atoms with E-state index in [-0.39, 0.29) is 12.5 Å². The maximum atomic E-state index is 12.8. The zero-order valence-corrected chi connectivity index (χ0v) is 12.9. The Morgan fingerprint density at radius 1 is 1.09 bits per heavy atom. The molecule has 0 aliphatic carbocycles. The third kappa shape index (κ3) is 3.01. The summed E-state index contributed by atoms with van der Waals surface area (Å²) in [6.07, 6.45) is 1.29. The maximum absolute atomic E-state index is 12.8. The molecule has 1 amide bonds. The monoisotopic (exact) mass is 307 g/mol. The predicted octanol–water partition coefficient (Wildman–Crippen LogP) is 3.18. The van der Waals surface area contributed by atoms with Crippen LogP contribution in [-0.2, 0) is 20.9 Å². The van der Waals surface area contributed by atoms with Crippen LogP contribution < -0.4 is 4.90 Å². The highest BCUT2D eigenvalue weighted by atomic mass is 16.5. The highest BCUT2D eigenvalue weighted by molar-refractivity contribution is 6.34. The van der Waals surface area contributed by atoms with Gasteiger partial charge in [0.1, 0.15) is 0 Å². The first-order chi connectivity index (χ1) is 11.2. The SMILES string of the molecule is CCOC(=O)/C=C1\C(=O)N(Cc2ccccc2)c2ccccc21. The van der Waals surface area contributed by atoms with Crippen LogP contribution in [0.3, 0.4) is 0 Å². The minimum Gasteiger partial charge on any atom is -0.463 e. The number of nitrogens with zero attached hydrogens (tertiary/aromatic N) is 1. The number of para-hydroxylation sites is 1. The van der Waals surface area contributed by atoms with Gasteiger partial charge in [0.25, 0.3) is 5.91 Å². The van der Waals surface area contributed by atoms with Crippen molar-refractivity contribution in [3.05, 3.63) is 71.8 Å². The van der Waals surface area contributed by atoms with Crippen LogP contribution >= 0.6 is 0 Å². The van der Waals surface area contributed by atoms with Crippen LogP contribution in [0.15, 0.2) is 60.7 Å². The van der Waals surface area contributed by atoms with Crippen molar-refractivity contribution in [1.82, 2.24) is 0 Å². The summed E-state index contributed by atoms with van der Waals surface area (Å²) in [6, 6.07) is 17.3. The lowest BCUT2D eigenvalue weighted by molar-refractivity contribution is -0.137. The molecule has 2 aromatic carbocycles. The molecule has 1 aliphatic heterocycles. The molecule has 0 spiro atoms. The van der Waals surface area contributed by atoms with Gasteiger partial charge in [-0.25, -0.2) is 4.79 Å². The number of carbonyl (C=O) groups is 2. The standard InChI is InChI=1S/C19H17NO3/c1-2-23-18(21)12-16-15-10-6-7-11-17(15)20(19(16)22)13-14-8-4-3-5-9-14/h3-12H,2,13H2,1H3/b16-12-. The molecule has 0 atom stereocenters. The highest BCUT2D eigenvalue weighted by Gasteiger charge is 2.32. The number of ether oxygens (including phenoxy) is 1. The van der Waals surface area contributed by atoms with Gasteiger partial charge in [-0.2, -0.15) is 0 Å². The number of carbonyl (C=O) groups excluding carboxylic acids is 2. The van der Waals surface area contributed by atoms with E-state index in [0.29, 0.717) is 12.1 Å². The summed E-state index contributed by atoms with van der Waals surface area (Å²) in [5, 5.41) is 0. The minimum atomic E-state index is -0.493. The Morgan fingerprint density at radius 3 is 2.52 bits per heavy atom. The fraction of sp³-hybridized carbons (Fsp3) is 0.158. The molecule has 0 bridgehead atoms. The molecule has 4 heteroatoms. The number of fused-ring (bicyclic) bond motifs is 1. The zero-order valence-electron chi connectivity index (χ0n) is 12.9. The average Bonchev–Trinajstić information content (AvgIpc) is 2.82. The topological polar surface area (TPSA) is 46.6 Å². The number of anilines is 1. The molecule has 2 aromatic rings. The van der Waals surface area contributed by atoms with Gasteiger partial charge in [-0.15, -0.1) is 0 Å². The predicted molar refractivity (Wildman–Crippen MR) is 88.7 cm³/mol. The van der Waals surface area contributed by atoms with Gasteiger partial charge in [0.15, 0.2) is 0 Å². The second-order valence-electron chi connectivity index (χ2n) is 5.20. The van der Waals surface area contributed by atoms with Gasteiger partial charge < -0.3 is 9.64 Å². The van der Waals surface area contributed by atoms with Crippen LogP contribution in [0.1, 0.15) is 18.1 Å². The van der Waals surface area contributed by atoms with Gasteiger partial charge in [0.05, 0.1) is 24.4 Å². The minimum absolute atomic E-state index is 0.178. The molecule has 0 N–H and O–H groups in total. The summed E-state index contributed by atoms with van der Waals surface area (Å²) < 4.78 is 4.93. The molecule has 0 unspecified atom stereocenters. The first kappa shape index (κ1) is 15.0. The second kappa shape index (κ2) is 6.48. The van der Waals surface area contributed by atoms with Crippen molar-refractivity contribution in [3.63, 3.8) is 0 Å². The molecule has 4 nitrogen and oxygen atoms in total. The lowest BCUT2D eigenvalue weighted by atomic mass is 10.1. The average molecular weight is 307 g/mol. The van der Waals surface area contributed by atoms with E-state index in [1.165, 1.54) is 6.08 Å². The molecule has 0 radical (unpaired) electrons. The van der Waals surface area contributed by atoms with Gasteiger partial charge in [0, 0.05) is 11.6 Å². The van der Waals surface area contributed by atoms with E-state index >= 15 is 0 Å². The van der Waals surface area contributed by atoms with Crippen LogP contribution in [0, 0.1) is 0 Å². The van der Waals surface area contributed by atoms with Crippen molar-refractivity contribution in [2.24, 2.45) is 0 Å². The van der Waals surface area contributed by atoms with Crippen molar-refractivity contribution in [1.29, 1.82) is 0 Å². The van der Waals surface area contributed by atoms with E-state index < -0.39 is 5.97 Å². The lowest BCUT2D eigenvalue weighted by Crippen LogP contribution is -2.25. The first-order valence-corrected chi connectivity index (χ1v) is 7.54. The first-order valence-electron chi connectivity index (χ1n) is 7.54. The van der Waals surface area contributed by atoms with Crippen LogP contribution in [0.4, 0.5) is 5.69 Å². The number of rotatable bonds is 4. The molecule has 1 aliphatic rings. The van der Waals surface area contributed by atoms with E-state index in [9.17, 15) is 9.59 Å². The lowest BCUT2D eigenvalue weighted by Gasteiger charge is -2.17. The Kier molecular flexibility index (Phi) is 4.24. The normalized spacial score (nSPS) is 14.9. The smallest absolute Gasteiger partial charge is 0.331 e. The summed E-state index contributed by atoms with van der Waals surface area (Å²) in [5.74, 6) is -0.671. The summed E-state index contributed by atoms with van der Waals surface area (Å²) in [4.78, 5) is 26.2. The zero-order chi connectivity index (χ0) is 16.2. The van der Waals surface area contributed by atoms with Crippen LogP contribution in [0.2, 0.25) is 0 Å². The highest BCUT2D eigenvalue weighted by Crippen LogP contribution is 2.37. The molecule has 23 heavy (non-hydrogen) atoms. The van der Waals surface area contributed by atoms with Gasteiger partial charge in [-0.05, 0) is 18.6 Å². The van der Waals surface area contributed by atoms with E-state index in [1.54, 1.807) is 11.8 Å². The Labute approximate surface area is 135 Å². The summed E-state index contributed by atoms with van der Waals surface area (Å²) >= 11 is 0. The van der Waals surface area contributed by atoms with Crippen molar-refractivity contribution < 1.29 is 14.3 Å². The maximum Gasteiger partial charge on any atom is 0.331 e. The molecule has 116 valence electrons. The van der Waals surface area contributed by atoms with E-state index in [4.69, 9.17) is 4.74 Å². The Morgan fingerprint density at radius 2 is 1.78 bits per heavy atom. The second-order valence-corrected chi connectivity index (χ2v) is 5.20. The van der Waals surface area contributed by atoms with Gasteiger partial charge in [-0.1, -0.05) is 48.5 Å². The quantitative estimate of drug-likeness (QED) is 0.644. The van der Waals surface area contributed by atoms with Gasteiger partial charge >= 0.3 is 5.97 Å². The van der Waals surface area contributed by atoms with E-state index in [0.717, 1.165) is 16.8 Å². The number of amides is 1. The summed E-state index contributed by atoms with van der Waals surface area (Å²) in [6.45, 7) is 2.49. The number of hydrogen-bond donors (Lipinski definition) is 0. The van der Waals surface area contributed by atoms with Gasteiger partial charge in [0.2, 0.25) is 0 Å². The fourth-order valence-corrected chi connectivity index (χ4v) is 2.67. The molecule has 0 saturated carbocycles. The fourth-order valence-electron chi connectivity index (χ4n) is 2.67. The third-order valence-corrected chi connectivity index (χ3v) is 3.69. The van der Waals surface area contributed by atoms with Crippen LogP contribution in [0.5, 0.6) is 0 Å². The van der Waals surface area contributed by atoms with Crippen LogP contribution in [0.25, 0.3) is 5.57 Å². The molecular weight excluding hydrogens is 290 g/mol. The number of esters is 1. The third-order valence-electron chi connectivity index (χ3n) is 3.69. The Hall–Kier alpha value is -2.88. The van der Waals surface area contributed by atoms with E-state index in [1.807, 2.05) is 54.6 Å². The number of hydrogen-bond acceptors (Lipinski definition) is 3. The molecule has 0 fully saturated rings. The van der Waals surface area contributed by atoms with Crippen molar-refractivity contribution in [3.8, 4) is 0 Å². The molecular formula is C19H17NO3. The molecule has 0 saturated heterocycles. The number of benzene rings is 2. The van der Waals surface area contributed by atoms with E-state index in [2.05, 4.69) is 0 Å². The van der Waals surface area contributed by atoms with Gasteiger partial charge in [-0.3, -0.25) is 4.79 Å². The van der Waals surface area contributed by atoms with Crippen molar-refractivity contribution in [2.75, 3.05) is 11.5 Å². The Bertz CT molecular complexity index is 765. The summed E-state index contributed by atoms with van der Waals surface area (Å²) in [7, 11) is 0. The van der Waals surface area contributed by atoms with Crippen molar-refractivity contribution in [2.45, 2.75) is 13.5 Å². The molecule has 1 heterocycles. The molecule has 0 aromatic heterocycles. The van der Waals surface area contributed by atoms with Crippen molar-refractivity contribution >= 4 is 23.1 Å². The molecule has 3 rings (SSSR count). The Balaban J connectivity index is 1.97.